The second-order valence-electron chi connectivity index (χ2n) is 5.95. The molecule has 0 spiro atoms. The third-order valence-corrected chi connectivity index (χ3v) is 4.28. The largest absolute Gasteiger partial charge is 0.493 e. The molecule has 3 rings (SSSR count). The van der Waals surface area contributed by atoms with Crippen LogP contribution in [0, 0.1) is 0 Å². The fourth-order valence-corrected chi connectivity index (χ4v) is 3.00. The first-order chi connectivity index (χ1) is 12.3. The molecular formula is C20H23NO4. The molecule has 132 valence electrons. The molecule has 1 heterocycles. The van der Waals surface area contributed by atoms with Crippen molar-refractivity contribution in [2.45, 2.75) is 12.5 Å². The van der Waals surface area contributed by atoms with Gasteiger partial charge in [-0.05, 0) is 24.1 Å². The van der Waals surface area contributed by atoms with E-state index in [1.54, 1.807) is 13.2 Å². The van der Waals surface area contributed by atoms with Gasteiger partial charge in [-0.2, -0.15) is 0 Å². The van der Waals surface area contributed by atoms with Gasteiger partial charge in [-0.15, -0.1) is 0 Å². The van der Waals surface area contributed by atoms with Crippen molar-refractivity contribution in [3.63, 3.8) is 0 Å². The van der Waals surface area contributed by atoms with Crippen molar-refractivity contribution in [1.82, 2.24) is 4.90 Å². The number of hydrogen-bond acceptors (Lipinski definition) is 4. The maximum Gasteiger partial charge on any atom is 0.260 e. The fraction of sp³-hybridized carbons (Fsp3) is 0.350. The smallest absolute Gasteiger partial charge is 0.260 e. The van der Waals surface area contributed by atoms with Crippen LogP contribution in [0.15, 0.2) is 54.6 Å². The summed E-state index contributed by atoms with van der Waals surface area (Å²) in [6, 6.07) is 17.5. The Bertz CT molecular complexity index is 689. The topological polar surface area (TPSA) is 48.0 Å². The van der Waals surface area contributed by atoms with Crippen LogP contribution in [0.25, 0.3) is 0 Å². The van der Waals surface area contributed by atoms with Crippen molar-refractivity contribution in [1.29, 1.82) is 0 Å². The van der Waals surface area contributed by atoms with E-state index in [0.717, 1.165) is 6.42 Å². The number of nitrogens with zero attached hydrogens (tertiary/aromatic N) is 1. The quantitative estimate of drug-likeness (QED) is 0.810. The molecule has 1 unspecified atom stereocenters. The Morgan fingerprint density at radius 3 is 2.60 bits per heavy atom. The molecule has 2 aromatic carbocycles. The second kappa shape index (κ2) is 8.53. The average Bonchev–Trinajstić information content (AvgIpc) is 2.67. The van der Waals surface area contributed by atoms with Crippen molar-refractivity contribution in [2.24, 2.45) is 0 Å². The number of hydrogen-bond donors (Lipinski definition) is 0. The Labute approximate surface area is 148 Å². The fourth-order valence-electron chi connectivity index (χ4n) is 3.00. The molecule has 0 N–H and O–H groups in total. The molecule has 1 aliphatic heterocycles. The zero-order chi connectivity index (χ0) is 17.5. The van der Waals surface area contributed by atoms with E-state index in [9.17, 15) is 4.79 Å². The number of para-hydroxylation sites is 2. The predicted octanol–water partition coefficient (Wildman–Crippen LogP) is 2.54. The van der Waals surface area contributed by atoms with E-state index in [-0.39, 0.29) is 18.6 Å². The first-order valence-electron chi connectivity index (χ1n) is 8.45. The number of amides is 1. The van der Waals surface area contributed by atoms with Crippen LogP contribution >= 0.6 is 0 Å². The van der Waals surface area contributed by atoms with E-state index in [0.29, 0.717) is 31.3 Å². The lowest BCUT2D eigenvalue weighted by molar-refractivity contribution is -0.142. The molecule has 0 aliphatic carbocycles. The first-order valence-corrected chi connectivity index (χ1v) is 8.45. The Kier molecular flexibility index (Phi) is 5.90. The monoisotopic (exact) mass is 341 g/mol. The summed E-state index contributed by atoms with van der Waals surface area (Å²) in [4.78, 5) is 14.5. The minimum Gasteiger partial charge on any atom is -0.493 e. The number of rotatable bonds is 6. The third-order valence-electron chi connectivity index (χ3n) is 4.28. The summed E-state index contributed by atoms with van der Waals surface area (Å²) in [6.07, 6.45) is 0.779. The van der Waals surface area contributed by atoms with Gasteiger partial charge in [0.25, 0.3) is 5.91 Å². The molecule has 1 amide bonds. The van der Waals surface area contributed by atoms with Gasteiger partial charge in [-0.3, -0.25) is 4.79 Å². The van der Waals surface area contributed by atoms with Crippen LogP contribution in [-0.4, -0.2) is 50.3 Å². The summed E-state index contributed by atoms with van der Waals surface area (Å²) in [5, 5.41) is 0. The highest BCUT2D eigenvalue weighted by molar-refractivity contribution is 5.78. The molecular weight excluding hydrogens is 318 g/mol. The van der Waals surface area contributed by atoms with E-state index >= 15 is 0 Å². The predicted molar refractivity (Wildman–Crippen MR) is 95.0 cm³/mol. The highest BCUT2D eigenvalue weighted by atomic mass is 16.5. The lowest BCUT2D eigenvalue weighted by Crippen LogP contribution is -2.51. The second-order valence-corrected chi connectivity index (χ2v) is 5.95. The van der Waals surface area contributed by atoms with Crippen molar-refractivity contribution in [3.8, 4) is 11.5 Å². The number of ether oxygens (including phenoxy) is 3. The Hall–Kier alpha value is -2.53. The van der Waals surface area contributed by atoms with Crippen LogP contribution in [0.5, 0.6) is 11.5 Å². The molecule has 0 aromatic heterocycles. The number of benzene rings is 2. The van der Waals surface area contributed by atoms with Crippen LogP contribution in [0.2, 0.25) is 0 Å². The minimum atomic E-state index is -0.0323. The van der Waals surface area contributed by atoms with Crippen LogP contribution in [0.1, 0.15) is 5.56 Å². The lowest BCUT2D eigenvalue weighted by Gasteiger charge is -2.35. The molecule has 2 aromatic rings. The van der Waals surface area contributed by atoms with Gasteiger partial charge in [0.05, 0.1) is 26.4 Å². The van der Waals surface area contributed by atoms with E-state index in [2.05, 4.69) is 12.1 Å². The number of methoxy groups -OCH3 is 1. The number of carbonyl (C=O) groups excluding carboxylic acids is 1. The molecule has 1 aliphatic rings. The van der Waals surface area contributed by atoms with E-state index in [1.165, 1.54) is 5.56 Å². The van der Waals surface area contributed by atoms with Gasteiger partial charge in [0.2, 0.25) is 0 Å². The standard InChI is InChI=1S/C20H23NO4/c1-23-18-9-5-6-10-19(18)25-15-20(22)21-11-12-24-14-17(21)13-16-7-3-2-4-8-16/h2-10,17H,11-15H2,1H3. The van der Waals surface area contributed by atoms with Gasteiger partial charge in [-0.1, -0.05) is 42.5 Å². The van der Waals surface area contributed by atoms with E-state index in [4.69, 9.17) is 14.2 Å². The summed E-state index contributed by atoms with van der Waals surface area (Å²) in [7, 11) is 1.59. The maximum absolute atomic E-state index is 12.7. The summed E-state index contributed by atoms with van der Waals surface area (Å²) < 4.78 is 16.5. The zero-order valence-corrected chi connectivity index (χ0v) is 14.4. The van der Waals surface area contributed by atoms with Crippen molar-refractivity contribution in [3.05, 3.63) is 60.2 Å². The molecule has 25 heavy (non-hydrogen) atoms. The van der Waals surface area contributed by atoms with E-state index < -0.39 is 0 Å². The van der Waals surface area contributed by atoms with E-state index in [1.807, 2.05) is 41.3 Å². The molecule has 1 atom stereocenters. The average molecular weight is 341 g/mol. The molecule has 1 fully saturated rings. The minimum absolute atomic E-state index is 0.00827. The van der Waals surface area contributed by atoms with Gasteiger partial charge in [0.15, 0.2) is 18.1 Å². The zero-order valence-electron chi connectivity index (χ0n) is 14.4. The van der Waals surface area contributed by atoms with Crippen LogP contribution in [0.3, 0.4) is 0 Å². The van der Waals surface area contributed by atoms with Crippen LogP contribution < -0.4 is 9.47 Å². The van der Waals surface area contributed by atoms with Crippen LogP contribution in [-0.2, 0) is 16.0 Å². The number of morpholine rings is 1. The Balaban J connectivity index is 1.62. The molecule has 0 bridgehead atoms. The highest BCUT2D eigenvalue weighted by Crippen LogP contribution is 2.26. The van der Waals surface area contributed by atoms with Gasteiger partial charge in [0, 0.05) is 6.54 Å². The molecule has 0 saturated carbocycles. The van der Waals surface area contributed by atoms with Crippen molar-refractivity contribution >= 4 is 5.91 Å². The summed E-state index contributed by atoms with van der Waals surface area (Å²) in [5.74, 6) is 1.17. The lowest BCUT2D eigenvalue weighted by atomic mass is 10.0. The molecule has 0 radical (unpaired) electrons. The molecule has 5 heteroatoms. The van der Waals surface area contributed by atoms with Crippen molar-refractivity contribution < 1.29 is 19.0 Å². The summed E-state index contributed by atoms with van der Waals surface area (Å²) in [6.45, 7) is 1.69. The molecule has 1 saturated heterocycles. The maximum atomic E-state index is 12.7. The molecule has 5 nitrogen and oxygen atoms in total. The first kappa shape index (κ1) is 17.3. The SMILES string of the molecule is COc1ccccc1OCC(=O)N1CCOCC1Cc1ccccc1. The summed E-state index contributed by atoms with van der Waals surface area (Å²) in [5.41, 5.74) is 1.20. The van der Waals surface area contributed by atoms with Gasteiger partial charge in [0.1, 0.15) is 0 Å². The van der Waals surface area contributed by atoms with Crippen molar-refractivity contribution in [2.75, 3.05) is 33.5 Å². The Morgan fingerprint density at radius 1 is 1.12 bits per heavy atom. The summed E-state index contributed by atoms with van der Waals surface area (Å²) >= 11 is 0. The third kappa shape index (κ3) is 4.51. The highest BCUT2D eigenvalue weighted by Gasteiger charge is 2.27. The van der Waals surface area contributed by atoms with Gasteiger partial charge in [-0.25, -0.2) is 0 Å². The normalized spacial score (nSPS) is 17.2. The van der Waals surface area contributed by atoms with Gasteiger partial charge < -0.3 is 19.1 Å². The van der Waals surface area contributed by atoms with Gasteiger partial charge >= 0.3 is 0 Å². The van der Waals surface area contributed by atoms with Crippen LogP contribution in [0.4, 0.5) is 0 Å². The number of carbonyl (C=O) groups is 1. The Morgan fingerprint density at radius 2 is 1.84 bits per heavy atom.